The standard InChI is InChI=1S/C24H26ClNO2/c1-2-3-4-10-17-26-22(27)16-15-20(23(26)18-11-6-5-7-12-18)24(28)19-13-8-9-14-21(19)25/h5-9,11-14H,2-4,10,15-17H2,1H3. The van der Waals surface area contributed by atoms with Crippen molar-refractivity contribution in [3.63, 3.8) is 0 Å². The first-order chi connectivity index (χ1) is 13.6. The highest BCUT2D eigenvalue weighted by Crippen LogP contribution is 2.34. The van der Waals surface area contributed by atoms with Crippen molar-refractivity contribution in [1.29, 1.82) is 0 Å². The zero-order chi connectivity index (χ0) is 19.9. The third-order valence-corrected chi connectivity index (χ3v) is 5.45. The maximum atomic E-state index is 13.4. The number of hydrogen-bond acceptors (Lipinski definition) is 2. The van der Waals surface area contributed by atoms with Gasteiger partial charge in [0.25, 0.3) is 0 Å². The summed E-state index contributed by atoms with van der Waals surface area (Å²) in [5.41, 5.74) is 2.82. The van der Waals surface area contributed by atoms with Gasteiger partial charge in [-0.05, 0) is 30.5 Å². The molecule has 0 aliphatic carbocycles. The van der Waals surface area contributed by atoms with Gasteiger partial charge in [-0.1, -0.05) is 80.3 Å². The van der Waals surface area contributed by atoms with Crippen LogP contribution < -0.4 is 0 Å². The minimum absolute atomic E-state index is 0.0875. The minimum Gasteiger partial charge on any atom is -0.311 e. The number of ketones is 1. The average molecular weight is 396 g/mol. The molecule has 28 heavy (non-hydrogen) atoms. The Balaban J connectivity index is 2.04. The molecule has 1 heterocycles. The molecule has 0 fully saturated rings. The number of amides is 1. The second kappa shape index (κ2) is 9.70. The van der Waals surface area contributed by atoms with E-state index in [2.05, 4.69) is 6.92 Å². The largest absolute Gasteiger partial charge is 0.311 e. The molecular formula is C24H26ClNO2. The Morgan fingerprint density at radius 2 is 1.68 bits per heavy atom. The number of unbranched alkanes of at least 4 members (excludes halogenated alkanes) is 3. The second-order valence-corrected chi connectivity index (χ2v) is 7.52. The lowest BCUT2D eigenvalue weighted by Crippen LogP contribution is -2.35. The number of carbonyl (C=O) groups is 2. The van der Waals surface area contributed by atoms with E-state index in [0.717, 1.165) is 36.9 Å². The Bertz CT molecular complexity index is 873. The zero-order valence-electron chi connectivity index (χ0n) is 16.3. The summed E-state index contributed by atoms with van der Waals surface area (Å²) in [6.45, 7) is 2.81. The minimum atomic E-state index is -0.0875. The van der Waals surface area contributed by atoms with Crippen LogP contribution in [0, 0.1) is 0 Å². The Kier molecular flexibility index (Phi) is 7.05. The van der Waals surface area contributed by atoms with E-state index in [4.69, 9.17) is 11.6 Å². The zero-order valence-corrected chi connectivity index (χ0v) is 17.0. The van der Waals surface area contributed by atoms with Crippen LogP contribution in [0.3, 0.4) is 0 Å². The number of rotatable bonds is 8. The molecule has 146 valence electrons. The molecule has 2 aromatic rings. The van der Waals surface area contributed by atoms with Crippen LogP contribution in [0.25, 0.3) is 5.70 Å². The van der Waals surface area contributed by atoms with Gasteiger partial charge in [-0.25, -0.2) is 0 Å². The van der Waals surface area contributed by atoms with Crippen molar-refractivity contribution in [3.8, 4) is 0 Å². The van der Waals surface area contributed by atoms with E-state index < -0.39 is 0 Å². The lowest BCUT2D eigenvalue weighted by molar-refractivity contribution is -0.128. The van der Waals surface area contributed by atoms with Crippen molar-refractivity contribution in [2.45, 2.75) is 45.4 Å². The van der Waals surface area contributed by atoms with Crippen LogP contribution in [0.5, 0.6) is 0 Å². The van der Waals surface area contributed by atoms with Crippen molar-refractivity contribution in [1.82, 2.24) is 4.90 Å². The Labute approximate surface area is 172 Å². The monoisotopic (exact) mass is 395 g/mol. The highest BCUT2D eigenvalue weighted by atomic mass is 35.5. The number of benzene rings is 2. The van der Waals surface area contributed by atoms with Crippen LogP contribution in [0.1, 0.15) is 61.4 Å². The van der Waals surface area contributed by atoms with Crippen LogP contribution in [0.15, 0.2) is 60.2 Å². The first kappa shape index (κ1) is 20.3. The topological polar surface area (TPSA) is 37.4 Å². The van der Waals surface area contributed by atoms with E-state index in [1.54, 1.807) is 12.1 Å². The molecule has 0 radical (unpaired) electrons. The van der Waals surface area contributed by atoms with Crippen molar-refractivity contribution < 1.29 is 9.59 Å². The lowest BCUT2D eigenvalue weighted by atomic mass is 9.90. The van der Waals surface area contributed by atoms with Gasteiger partial charge in [-0.15, -0.1) is 0 Å². The molecular weight excluding hydrogens is 370 g/mol. The van der Waals surface area contributed by atoms with E-state index in [-0.39, 0.29) is 11.7 Å². The second-order valence-electron chi connectivity index (χ2n) is 7.11. The molecule has 2 aromatic carbocycles. The third kappa shape index (κ3) is 4.53. The summed E-state index contributed by atoms with van der Waals surface area (Å²) < 4.78 is 0. The van der Waals surface area contributed by atoms with Crippen molar-refractivity contribution >= 4 is 29.0 Å². The molecule has 0 N–H and O–H groups in total. The van der Waals surface area contributed by atoms with Crippen LogP contribution in [-0.2, 0) is 4.79 Å². The van der Waals surface area contributed by atoms with Gasteiger partial charge in [-0.2, -0.15) is 0 Å². The Hall–Kier alpha value is -2.39. The van der Waals surface area contributed by atoms with E-state index in [1.165, 1.54) is 0 Å². The van der Waals surface area contributed by atoms with Gasteiger partial charge in [0.05, 0.1) is 10.7 Å². The summed E-state index contributed by atoms with van der Waals surface area (Å²) in [5, 5.41) is 0.443. The number of carbonyl (C=O) groups excluding carboxylic acids is 2. The molecule has 0 saturated heterocycles. The number of Topliss-reactive ketones (excluding diaryl/α,β-unsaturated/α-hetero) is 1. The van der Waals surface area contributed by atoms with Gasteiger partial charge in [0.15, 0.2) is 5.78 Å². The Morgan fingerprint density at radius 3 is 2.39 bits per heavy atom. The number of halogens is 1. The molecule has 3 nitrogen and oxygen atoms in total. The predicted molar refractivity (Wildman–Crippen MR) is 114 cm³/mol. The first-order valence-corrected chi connectivity index (χ1v) is 10.4. The molecule has 0 unspecified atom stereocenters. The van der Waals surface area contributed by atoms with Crippen molar-refractivity contribution in [2.75, 3.05) is 6.54 Å². The molecule has 1 amide bonds. The van der Waals surface area contributed by atoms with Gasteiger partial charge in [0, 0.05) is 24.1 Å². The van der Waals surface area contributed by atoms with Gasteiger partial charge >= 0.3 is 0 Å². The summed E-state index contributed by atoms with van der Waals surface area (Å²) >= 11 is 6.29. The van der Waals surface area contributed by atoms with Crippen molar-refractivity contribution in [3.05, 3.63) is 76.3 Å². The van der Waals surface area contributed by atoms with Crippen LogP contribution >= 0.6 is 11.6 Å². The predicted octanol–water partition coefficient (Wildman–Crippen LogP) is 6.14. The molecule has 0 saturated carbocycles. The molecule has 1 aliphatic rings. The quantitative estimate of drug-likeness (QED) is 0.398. The van der Waals surface area contributed by atoms with E-state index in [1.807, 2.05) is 47.4 Å². The number of hydrogen-bond donors (Lipinski definition) is 0. The number of allylic oxidation sites excluding steroid dienone is 1. The number of nitrogens with zero attached hydrogens (tertiary/aromatic N) is 1. The maximum Gasteiger partial charge on any atom is 0.227 e. The van der Waals surface area contributed by atoms with Crippen LogP contribution in [-0.4, -0.2) is 23.1 Å². The summed E-state index contributed by atoms with van der Waals surface area (Å²) in [5.74, 6) is 0.00146. The molecule has 0 bridgehead atoms. The molecule has 0 spiro atoms. The summed E-state index contributed by atoms with van der Waals surface area (Å²) in [4.78, 5) is 27.9. The highest BCUT2D eigenvalue weighted by Gasteiger charge is 2.31. The normalized spacial score (nSPS) is 14.5. The molecule has 3 rings (SSSR count). The highest BCUT2D eigenvalue weighted by molar-refractivity contribution is 6.35. The molecule has 1 aliphatic heterocycles. The van der Waals surface area contributed by atoms with Gasteiger partial charge in [-0.3, -0.25) is 9.59 Å². The Morgan fingerprint density at radius 1 is 0.964 bits per heavy atom. The van der Waals surface area contributed by atoms with E-state index >= 15 is 0 Å². The van der Waals surface area contributed by atoms with E-state index in [0.29, 0.717) is 35.5 Å². The smallest absolute Gasteiger partial charge is 0.227 e. The summed E-state index contributed by atoms with van der Waals surface area (Å²) in [6, 6.07) is 16.9. The van der Waals surface area contributed by atoms with E-state index in [9.17, 15) is 9.59 Å². The van der Waals surface area contributed by atoms with Gasteiger partial charge in [0.2, 0.25) is 5.91 Å². The first-order valence-electron chi connectivity index (χ1n) is 10.0. The fourth-order valence-electron chi connectivity index (χ4n) is 3.66. The maximum absolute atomic E-state index is 13.4. The molecule has 4 heteroatoms. The van der Waals surface area contributed by atoms with Crippen LogP contribution in [0.2, 0.25) is 5.02 Å². The average Bonchev–Trinajstić information content (AvgIpc) is 2.72. The van der Waals surface area contributed by atoms with Crippen LogP contribution in [0.4, 0.5) is 0 Å². The van der Waals surface area contributed by atoms with Crippen molar-refractivity contribution in [2.24, 2.45) is 0 Å². The SMILES string of the molecule is CCCCCCN1C(=O)CCC(C(=O)c2ccccc2Cl)=C1c1ccccc1. The van der Waals surface area contributed by atoms with Gasteiger partial charge in [0.1, 0.15) is 0 Å². The molecule has 0 atom stereocenters. The molecule has 0 aromatic heterocycles. The summed E-state index contributed by atoms with van der Waals surface area (Å²) in [6.07, 6.45) is 5.11. The third-order valence-electron chi connectivity index (χ3n) is 5.12. The van der Waals surface area contributed by atoms with Gasteiger partial charge < -0.3 is 4.90 Å². The lowest BCUT2D eigenvalue weighted by Gasteiger charge is -2.32. The fraction of sp³-hybridized carbons (Fsp3) is 0.333. The summed E-state index contributed by atoms with van der Waals surface area (Å²) in [7, 11) is 0. The fourth-order valence-corrected chi connectivity index (χ4v) is 3.88.